The number of hydrogen-bond acceptors (Lipinski definition) is 4. The molecule has 344 valence electrons. The molecule has 1 aliphatic carbocycles. The fourth-order valence-corrected chi connectivity index (χ4v) is 5.91. The van der Waals surface area contributed by atoms with Crippen LogP contribution in [0.25, 0.3) is 0 Å². The number of rotatable bonds is 6. The van der Waals surface area contributed by atoms with Gasteiger partial charge >= 0.3 is 0 Å². The highest BCUT2D eigenvalue weighted by Gasteiger charge is 2.19. The first-order valence-electron chi connectivity index (χ1n) is 20.1. The molecule has 1 aliphatic rings. The molecule has 0 atom stereocenters. The smallest absolute Gasteiger partial charge is 0.183 e. The molecule has 2 aromatic heterocycles. The molecule has 3 nitrogen and oxygen atoms in total. The van der Waals surface area contributed by atoms with Gasteiger partial charge in [0.05, 0.1) is 12.9 Å². The van der Waals surface area contributed by atoms with Crippen molar-refractivity contribution >= 4 is 19.7 Å². The Morgan fingerprint density at radius 3 is 1.30 bits per heavy atom. The zero-order valence-electron chi connectivity index (χ0n) is 39.8. The van der Waals surface area contributed by atoms with Crippen molar-refractivity contribution in [3.63, 3.8) is 0 Å². The van der Waals surface area contributed by atoms with Gasteiger partial charge in [-0.05, 0) is 95.0 Å². The van der Waals surface area contributed by atoms with Crippen LogP contribution >= 0.6 is 11.3 Å². The summed E-state index contributed by atoms with van der Waals surface area (Å²) in [5, 5.41) is 2.14. The molecule has 0 fully saturated rings. The Hall–Kier alpha value is -1.40. The van der Waals surface area contributed by atoms with Gasteiger partial charge in [-0.3, -0.25) is 0 Å². The average Bonchev–Trinajstić information content (AvgIpc) is 3.71. The first-order valence-corrected chi connectivity index (χ1v) is 24.4. The Labute approximate surface area is 367 Å². The second-order valence-electron chi connectivity index (χ2n) is 22.7. The topological polar surface area (TPSA) is 31.6 Å². The van der Waals surface area contributed by atoms with E-state index < -0.39 is 8.32 Å². The Kier molecular flexibility index (Phi) is 39.9. The molecule has 3 rings (SSSR count). The summed E-state index contributed by atoms with van der Waals surface area (Å²) in [6, 6.07) is 8.27. The van der Waals surface area contributed by atoms with Gasteiger partial charge in [0, 0.05) is 25.0 Å². The van der Waals surface area contributed by atoms with E-state index in [0.717, 1.165) is 25.4 Å². The van der Waals surface area contributed by atoms with Gasteiger partial charge in [-0.2, -0.15) is 0 Å². The van der Waals surface area contributed by atoms with E-state index in [-0.39, 0.29) is 29.7 Å². The van der Waals surface area contributed by atoms with E-state index in [9.17, 15) is 0 Å². The fourth-order valence-electron chi connectivity index (χ4n) is 4.04. The van der Waals surface area contributed by atoms with Gasteiger partial charge in [0.2, 0.25) is 0 Å². The lowest BCUT2D eigenvalue weighted by molar-refractivity contribution is 0.116. The Morgan fingerprint density at radius 1 is 0.614 bits per heavy atom. The standard InChI is InChI=1S/C10H16.C9H14O.C9H14S.C8H20OSi.C6H14O.C6H14.4CH4/c1-10(2,3)8-9-6-4-5-7-9;2*1-9(2,3)7-8-5-4-6-10-8;1-8(2,3)7-9-10(4,5)6;1-6(2,3)5-7-4;1-5-6(2,3)4;;;;/h4-6H,7-8H2,1-3H3;2*4-6H,7H2,1-3H3;7H2,1-6H3;5H2,1-4H3;5H2,1-4H3;4*1H4. The lowest BCUT2D eigenvalue weighted by atomic mass is 9.88. The van der Waals surface area contributed by atoms with Gasteiger partial charge < -0.3 is 13.6 Å². The summed E-state index contributed by atoms with van der Waals surface area (Å²) in [7, 11) is 0.460. The minimum absolute atomic E-state index is 0. The van der Waals surface area contributed by atoms with Crippen LogP contribution in [0.5, 0.6) is 0 Å². The molecule has 57 heavy (non-hydrogen) atoms. The highest BCUT2D eigenvalue weighted by molar-refractivity contribution is 7.09. The minimum Gasteiger partial charge on any atom is -0.469 e. The van der Waals surface area contributed by atoms with Crippen LogP contribution < -0.4 is 0 Å². The van der Waals surface area contributed by atoms with Crippen LogP contribution in [-0.4, -0.2) is 28.6 Å². The predicted octanol–water partition coefficient (Wildman–Crippen LogP) is 19.1. The van der Waals surface area contributed by atoms with Crippen molar-refractivity contribution in [2.75, 3.05) is 20.3 Å². The second-order valence-corrected chi connectivity index (χ2v) is 28.2. The van der Waals surface area contributed by atoms with Crippen LogP contribution in [-0.2, 0) is 22.0 Å². The molecule has 0 saturated carbocycles. The van der Waals surface area contributed by atoms with Gasteiger partial charge in [-0.25, -0.2) is 0 Å². The largest absolute Gasteiger partial charge is 0.469 e. The van der Waals surface area contributed by atoms with Crippen molar-refractivity contribution in [2.45, 2.75) is 213 Å². The number of ether oxygens (including phenoxy) is 1. The van der Waals surface area contributed by atoms with Crippen LogP contribution in [0.15, 0.2) is 64.1 Å². The number of allylic oxidation sites excluding steroid dienone is 4. The molecule has 2 aromatic rings. The fraction of sp³-hybridized carbons (Fsp3) is 0.769. The first kappa shape index (κ1) is 70.2. The Balaban J connectivity index is -0.000000105. The number of furan rings is 1. The van der Waals surface area contributed by atoms with Crippen molar-refractivity contribution in [1.29, 1.82) is 0 Å². The lowest BCUT2D eigenvalue weighted by Crippen LogP contribution is -2.30. The monoisotopic (exact) mass is 841 g/mol. The summed E-state index contributed by atoms with van der Waals surface area (Å²) < 4.78 is 15.8. The highest BCUT2D eigenvalue weighted by atomic mass is 32.1. The van der Waals surface area contributed by atoms with E-state index >= 15 is 0 Å². The maximum atomic E-state index is 5.73. The molecular weight excluding hydrogens is 733 g/mol. The van der Waals surface area contributed by atoms with Crippen LogP contribution in [0.4, 0.5) is 0 Å². The van der Waals surface area contributed by atoms with E-state index in [1.807, 2.05) is 23.5 Å². The molecule has 0 N–H and O–H groups in total. The lowest BCUT2D eigenvalue weighted by Gasteiger charge is -2.25. The first-order chi connectivity index (χ1) is 23.6. The molecule has 0 unspecified atom stereocenters. The number of methoxy groups -OCH3 is 1. The van der Waals surface area contributed by atoms with Crippen molar-refractivity contribution in [3.05, 3.63) is 70.3 Å². The quantitative estimate of drug-likeness (QED) is 0.272. The molecule has 0 spiro atoms. The highest BCUT2D eigenvalue weighted by Crippen LogP contribution is 2.28. The van der Waals surface area contributed by atoms with E-state index in [0.29, 0.717) is 32.5 Å². The van der Waals surface area contributed by atoms with Crippen molar-refractivity contribution in [3.8, 4) is 0 Å². The third kappa shape index (κ3) is 64.0. The molecule has 5 heteroatoms. The molecule has 0 bridgehead atoms. The van der Waals surface area contributed by atoms with E-state index in [1.165, 1.54) is 30.6 Å². The molecular formula is C52H108O3SSi. The summed E-state index contributed by atoms with van der Waals surface area (Å²) in [5.74, 6) is 1.08. The summed E-state index contributed by atoms with van der Waals surface area (Å²) in [4.78, 5) is 1.49. The predicted molar refractivity (Wildman–Crippen MR) is 272 cm³/mol. The van der Waals surface area contributed by atoms with E-state index in [1.54, 1.807) is 18.9 Å². The Morgan fingerprint density at radius 2 is 1.07 bits per heavy atom. The molecule has 0 aromatic carbocycles. The van der Waals surface area contributed by atoms with Gasteiger partial charge in [-0.1, -0.05) is 198 Å². The van der Waals surface area contributed by atoms with Crippen molar-refractivity contribution in [2.24, 2.45) is 32.5 Å². The summed E-state index contributed by atoms with van der Waals surface area (Å²) in [5.41, 5.74) is 3.99. The van der Waals surface area contributed by atoms with E-state index in [2.05, 4.69) is 187 Å². The number of hydrogen-bond donors (Lipinski definition) is 0. The third-order valence-corrected chi connectivity index (χ3v) is 8.64. The molecule has 0 aliphatic heterocycles. The third-order valence-electron chi connectivity index (χ3n) is 6.75. The minimum atomic E-state index is -1.27. The summed E-state index contributed by atoms with van der Waals surface area (Å²) in [6.45, 7) is 50.7. The zero-order chi connectivity index (χ0) is 42.4. The maximum Gasteiger partial charge on any atom is 0.183 e. The van der Waals surface area contributed by atoms with Gasteiger partial charge in [0.15, 0.2) is 8.32 Å². The van der Waals surface area contributed by atoms with Crippen molar-refractivity contribution < 1.29 is 13.6 Å². The molecule has 0 saturated heterocycles. The van der Waals surface area contributed by atoms with Crippen molar-refractivity contribution in [1.82, 2.24) is 0 Å². The van der Waals surface area contributed by atoms with Gasteiger partial charge in [0.1, 0.15) is 5.76 Å². The Bertz CT molecular complexity index is 1110. The van der Waals surface area contributed by atoms with Crippen LogP contribution in [0.2, 0.25) is 19.6 Å². The SMILES string of the molecule is C.C.C.C.CC(C)(C)CC1=CC=CC1.CC(C)(C)CO[Si](C)(C)C.CC(C)(C)Cc1ccco1.CC(C)(C)Cc1cccs1.CCC(C)(C)C.COCC(C)(C)C. The van der Waals surface area contributed by atoms with Gasteiger partial charge in [0.25, 0.3) is 0 Å². The maximum absolute atomic E-state index is 5.73. The number of thiophene rings is 1. The van der Waals surface area contributed by atoms with E-state index in [4.69, 9.17) is 13.6 Å². The molecule has 0 radical (unpaired) electrons. The van der Waals surface area contributed by atoms with Crippen LogP contribution in [0.3, 0.4) is 0 Å². The van der Waals surface area contributed by atoms with Crippen LogP contribution in [0, 0.1) is 32.5 Å². The van der Waals surface area contributed by atoms with Gasteiger partial charge in [-0.15, -0.1) is 11.3 Å². The second kappa shape index (κ2) is 32.4. The molecule has 2 heterocycles. The molecule has 0 amide bonds. The summed E-state index contributed by atoms with van der Waals surface area (Å²) >= 11 is 1.85. The summed E-state index contributed by atoms with van der Waals surface area (Å²) in [6.07, 6.45) is 14.2. The normalized spacial score (nSPS) is 12.4. The zero-order valence-corrected chi connectivity index (χ0v) is 41.6. The van der Waals surface area contributed by atoms with Crippen LogP contribution in [0.1, 0.15) is 191 Å². The average molecular weight is 842 g/mol.